The van der Waals surface area contributed by atoms with Crippen molar-refractivity contribution in [3.05, 3.63) is 52.1 Å². The molecule has 2 aromatic heterocycles. The average Bonchev–Trinajstić information content (AvgIpc) is 3.34. The molecule has 1 unspecified atom stereocenters. The number of nitrogen functional groups attached to an aromatic ring is 1. The zero-order chi connectivity index (χ0) is 56.6. The fourth-order valence-corrected chi connectivity index (χ4v) is 6.92. The molecule has 76 heavy (non-hydrogen) atoms. The van der Waals surface area contributed by atoms with E-state index < -0.39 is 144 Å². The van der Waals surface area contributed by atoms with Crippen LogP contribution in [0.25, 0.3) is 11.2 Å². The Bertz CT molecular complexity index is 2710. The molecule has 3 rings (SSSR count). The van der Waals surface area contributed by atoms with Gasteiger partial charge in [-0.1, -0.05) is 0 Å². The molecule has 412 valence electrons. The van der Waals surface area contributed by atoms with E-state index in [0.29, 0.717) is 11.4 Å². The normalized spacial score (nSPS) is 13.1. The third kappa shape index (κ3) is 21.0. The van der Waals surface area contributed by atoms with Gasteiger partial charge in [0.2, 0.25) is 35.5 Å². The lowest BCUT2D eigenvalue weighted by Gasteiger charge is -2.26. The van der Waals surface area contributed by atoms with Crippen molar-refractivity contribution in [2.75, 3.05) is 29.9 Å². The molecule has 0 fully saturated rings. The maximum absolute atomic E-state index is 13.8. The van der Waals surface area contributed by atoms with E-state index in [1.807, 2.05) is 5.32 Å². The minimum absolute atomic E-state index is 0.0183. The Morgan fingerprint density at radius 1 is 0.645 bits per heavy atom. The van der Waals surface area contributed by atoms with Crippen LogP contribution in [0.2, 0.25) is 0 Å². The molecule has 0 spiro atoms. The lowest BCUT2D eigenvalue weighted by Crippen LogP contribution is -2.59. The van der Waals surface area contributed by atoms with Gasteiger partial charge in [-0.15, -0.1) is 0 Å². The Labute approximate surface area is 434 Å². The molecule has 0 radical (unpaired) electrons. The van der Waals surface area contributed by atoms with Gasteiger partial charge in [0.15, 0.2) is 23.1 Å². The van der Waals surface area contributed by atoms with Gasteiger partial charge in [-0.2, -0.15) is 17.6 Å². The first-order valence-electron chi connectivity index (χ1n) is 22.7. The van der Waals surface area contributed by atoms with Gasteiger partial charge < -0.3 is 85.5 Å². The van der Waals surface area contributed by atoms with Crippen LogP contribution in [0.15, 0.2) is 35.3 Å². The van der Waals surface area contributed by atoms with Crippen molar-refractivity contribution >= 4 is 107 Å². The van der Waals surface area contributed by atoms with Gasteiger partial charge in [-0.05, 0) is 56.4 Å². The van der Waals surface area contributed by atoms with Gasteiger partial charge in [0.25, 0.3) is 11.5 Å². The maximum atomic E-state index is 13.8. The number of nitrogens with one attached hydrogen (secondary N) is 12. The first-order valence-corrected chi connectivity index (χ1v) is 23.3. The van der Waals surface area contributed by atoms with Gasteiger partial charge >= 0.3 is 23.9 Å². The number of fused-ring (bicyclic) bond motifs is 1. The van der Waals surface area contributed by atoms with E-state index in [-0.39, 0.29) is 68.0 Å². The number of carbonyl (C=O) groups excluding carboxylic acids is 6. The number of H-pyrrole nitrogens is 1. The number of aromatic nitrogens is 4. The fourth-order valence-electron chi connectivity index (χ4n) is 6.67. The molecule has 6 atom stereocenters. The van der Waals surface area contributed by atoms with Crippen molar-refractivity contribution in [2.45, 2.75) is 94.2 Å². The van der Waals surface area contributed by atoms with E-state index in [9.17, 15) is 73.2 Å². The summed E-state index contributed by atoms with van der Waals surface area (Å²) in [7, 11) is 0. The van der Waals surface area contributed by atoms with Crippen LogP contribution in [0.4, 0.5) is 11.6 Å². The lowest BCUT2D eigenvalue weighted by atomic mass is 10.1. The second kappa shape index (κ2) is 30.0. The monoisotopic (exact) mass is 1090 g/mol. The Morgan fingerprint density at radius 3 is 1.62 bits per heavy atom. The number of anilines is 2. The molecule has 0 saturated heterocycles. The molecule has 0 saturated carbocycles. The summed E-state index contributed by atoms with van der Waals surface area (Å²) in [6.07, 6.45) is -2.53. The molecule has 0 aliphatic rings. The number of amides is 6. The quantitative estimate of drug-likeness (QED) is 0.0120. The van der Waals surface area contributed by atoms with Crippen LogP contribution in [0.1, 0.15) is 67.4 Å². The zero-order valence-electron chi connectivity index (χ0n) is 40.1. The number of rotatable bonds is 32. The highest BCUT2D eigenvalue weighted by Crippen LogP contribution is 2.13. The van der Waals surface area contributed by atoms with Crippen LogP contribution in [-0.2, 0) is 49.7 Å². The topological polar surface area (TPSA) is 557 Å². The lowest BCUT2D eigenvalue weighted by molar-refractivity contribution is -0.143. The van der Waals surface area contributed by atoms with E-state index in [1.165, 1.54) is 30.5 Å². The Morgan fingerprint density at radius 2 is 1.13 bits per heavy atom. The molecule has 1 aromatic carbocycles. The van der Waals surface area contributed by atoms with Crippen LogP contribution in [-0.4, -0.2) is 167 Å². The molecule has 33 nitrogen and oxygen atoms in total. The van der Waals surface area contributed by atoms with Gasteiger partial charge in [0, 0.05) is 36.5 Å². The highest BCUT2D eigenvalue weighted by molar-refractivity contribution is 7.80. The zero-order valence-corrected chi connectivity index (χ0v) is 41.0. The number of thiol groups is 1. The maximum Gasteiger partial charge on any atom is 0.327 e. The number of aliphatic carboxylic acids is 4. The number of carboxylic acids is 4. The number of aromatic amines is 1. The second-order valence-electron chi connectivity index (χ2n) is 16.4. The standard InChI is InChI=1S/C42H58N18O15S/c43-40(44)48-11-1-3-21(53-27(61)10-9-23(38(72)73)55-32(66)18-5-7-19(8-6-18)50-15-20-16-51-31-30(52-20)37(71)60-42(47)59-31)33(67)56-24(13-28(62)63)35(69)54-22(4-2-12-49-41(45)46)34(68)57-25(14-29(64)65)36(70)58-26(17-76)39(74)75/h5-8,16,21-26,50,76H,1-4,9-15,17H2,(H,53,61)(H,54,69)(H,55,66)(H,56,67)(H,57,68)(H,58,70)(H,62,63)(H,64,65)(H,72,73)(H,74,75)(H4,43,44,48)(H4,45,46,49)(H3,47,51,59,60,71)/t21-,22-,23-,24-,25?,26-/m1/s1. The number of hydrogen-bond donors (Lipinski definition) is 20. The summed E-state index contributed by atoms with van der Waals surface area (Å²) in [5.74, 6) is -14.4. The van der Waals surface area contributed by atoms with Crippen molar-refractivity contribution in [2.24, 2.45) is 11.5 Å². The number of nitrogens with two attached hydrogens (primary N) is 3. The molecule has 6 amide bonds. The number of hydrogen-bond acceptors (Lipinski definition) is 19. The molecule has 34 heteroatoms. The van der Waals surface area contributed by atoms with Crippen molar-refractivity contribution in [1.82, 2.24) is 62.5 Å². The summed E-state index contributed by atoms with van der Waals surface area (Å²) in [5, 5.41) is 74.5. The third-order valence-corrected chi connectivity index (χ3v) is 10.8. The first-order chi connectivity index (χ1) is 35.9. The van der Waals surface area contributed by atoms with Gasteiger partial charge in [0.05, 0.1) is 31.3 Å². The SMILES string of the molecule is N=C(N)NCCC[C@@H](NC(=O)CC[C@@H](NC(=O)c1ccc(NCc2cnc3nc(N)[nH]c(=O)c3n2)cc1)C(=O)O)C(=O)N[C@H](CC(=O)O)C(=O)N[C@H](CCCNC(=N)N)C(=O)NC(CC(=O)O)C(=O)N[C@H](CS)C(=O)O. The Hall–Kier alpha value is -9.37. The number of nitrogens with zero attached hydrogens (tertiary/aromatic N) is 3. The summed E-state index contributed by atoms with van der Waals surface area (Å²) < 4.78 is 0. The van der Waals surface area contributed by atoms with Crippen LogP contribution in [0, 0.1) is 10.8 Å². The van der Waals surface area contributed by atoms with Crippen LogP contribution < -0.4 is 70.6 Å². The minimum Gasteiger partial charge on any atom is -0.481 e. The van der Waals surface area contributed by atoms with Crippen LogP contribution in [0.3, 0.4) is 0 Å². The number of guanidine groups is 2. The summed E-state index contributed by atoms with van der Waals surface area (Å²) in [6.45, 7) is 0.0167. The summed E-state index contributed by atoms with van der Waals surface area (Å²) in [4.78, 5) is 155. The fraction of sp³-hybridized carbons (Fsp3) is 0.429. The van der Waals surface area contributed by atoms with Gasteiger partial charge in [-0.25, -0.2) is 19.6 Å². The molecule has 2 heterocycles. The molecule has 0 bridgehead atoms. The first kappa shape index (κ1) is 60.9. The Balaban J connectivity index is 1.74. The summed E-state index contributed by atoms with van der Waals surface area (Å²) >= 11 is 3.83. The largest absolute Gasteiger partial charge is 0.481 e. The third-order valence-electron chi connectivity index (χ3n) is 10.4. The second-order valence-corrected chi connectivity index (χ2v) is 16.7. The van der Waals surface area contributed by atoms with E-state index in [1.54, 1.807) is 0 Å². The minimum atomic E-state index is -1.99. The van der Waals surface area contributed by atoms with E-state index in [4.69, 9.17) is 28.0 Å². The molecule has 0 aliphatic heterocycles. The van der Waals surface area contributed by atoms with Crippen LogP contribution >= 0.6 is 12.6 Å². The highest BCUT2D eigenvalue weighted by Gasteiger charge is 2.34. The van der Waals surface area contributed by atoms with E-state index in [2.05, 4.69) is 75.1 Å². The average molecular weight is 1090 g/mol. The van der Waals surface area contributed by atoms with Crippen molar-refractivity contribution in [1.29, 1.82) is 10.8 Å². The van der Waals surface area contributed by atoms with Crippen LogP contribution in [0.5, 0.6) is 0 Å². The number of carbonyl (C=O) groups is 10. The van der Waals surface area contributed by atoms with Crippen molar-refractivity contribution < 1.29 is 68.4 Å². The van der Waals surface area contributed by atoms with E-state index in [0.717, 1.165) is 0 Å². The summed E-state index contributed by atoms with van der Waals surface area (Å²) in [5.41, 5.74) is 16.5. The number of carboxylic acid groups (broad SMARTS) is 4. The molecule has 0 aliphatic carbocycles. The molecular formula is C42H58N18O15S. The smallest absolute Gasteiger partial charge is 0.327 e. The van der Waals surface area contributed by atoms with E-state index >= 15 is 0 Å². The summed E-state index contributed by atoms with van der Waals surface area (Å²) in [6, 6.07) is -4.66. The molecular weight excluding hydrogens is 1030 g/mol. The van der Waals surface area contributed by atoms with Crippen molar-refractivity contribution in [3.63, 3.8) is 0 Å². The predicted octanol–water partition coefficient (Wildman–Crippen LogP) is -5.22. The van der Waals surface area contributed by atoms with Gasteiger partial charge in [0.1, 0.15) is 36.3 Å². The predicted molar refractivity (Wildman–Crippen MR) is 268 cm³/mol. The highest BCUT2D eigenvalue weighted by atomic mass is 32.1. The Kier molecular flexibility index (Phi) is 24.0. The number of benzene rings is 1. The van der Waals surface area contributed by atoms with Gasteiger partial charge in [-0.3, -0.25) is 59.0 Å². The molecule has 22 N–H and O–H groups in total. The molecule has 3 aromatic rings. The van der Waals surface area contributed by atoms with Crippen molar-refractivity contribution in [3.8, 4) is 0 Å².